The molecule has 6 heteroatoms. The lowest BCUT2D eigenvalue weighted by molar-refractivity contribution is 0.597. The Kier molecular flexibility index (Phi) is 2.64. The van der Waals surface area contributed by atoms with Crippen molar-refractivity contribution in [3.8, 4) is 0 Å². The second-order valence-corrected chi connectivity index (χ2v) is 4.49. The molecule has 2 aromatic rings. The maximum atomic E-state index is 4.40. The molecule has 1 saturated heterocycles. The second-order valence-electron chi connectivity index (χ2n) is 4.49. The van der Waals surface area contributed by atoms with Crippen LogP contribution in [0.2, 0.25) is 0 Å². The van der Waals surface area contributed by atoms with Gasteiger partial charge in [0.1, 0.15) is 6.33 Å². The Morgan fingerprint density at radius 1 is 1.59 bits per heavy atom. The molecule has 17 heavy (non-hydrogen) atoms. The van der Waals surface area contributed by atoms with Gasteiger partial charge in [-0.3, -0.25) is 4.40 Å². The molecule has 1 fully saturated rings. The van der Waals surface area contributed by atoms with Crippen LogP contribution < -0.4 is 10.2 Å². The molecule has 1 N–H and O–H groups in total. The van der Waals surface area contributed by atoms with Crippen molar-refractivity contribution in [1.29, 1.82) is 0 Å². The van der Waals surface area contributed by atoms with Crippen molar-refractivity contribution in [3.63, 3.8) is 0 Å². The van der Waals surface area contributed by atoms with E-state index < -0.39 is 0 Å². The molecule has 0 saturated carbocycles. The Morgan fingerprint density at radius 2 is 2.53 bits per heavy atom. The van der Waals surface area contributed by atoms with Crippen molar-refractivity contribution in [2.45, 2.75) is 18.9 Å². The third-order valence-electron chi connectivity index (χ3n) is 3.22. The number of anilines is 1. The van der Waals surface area contributed by atoms with Gasteiger partial charge in [0.15, 0.2) is 5.82 Å². The lowest BCUT2D eigenvalue weighted by Crippen LogP contribution is -2.35. The molecule has 1 unspecified atom stereocenters. The van der Waals surface area contributed by atoms with Crippen LogP contribution in [-0.2, 0) is 0 Å². The first-order valence-corrected chi connectivity index (χ1v) is 5.93. The number of fused-ring (bicyclic) bond motifs is 1. The van der Waals surface area contributed by atoms with Gasteiger partial charge in [0.2, 0.25) is 5.65 Å². The lowest BCUT2D eigenvalue weighted by atomic mass is 10.2. The number of nitrogens with zero attached hydrogens (tertiary/aromatic N) is 5. The minimum absolute atomic E-state index is 0.560. The van der Waals surface area contributed by atoms with Gasteiger partial charge in [0.25, 0.3) is 0 Å². The van der Waals surface area contributed by atoms with E-state index in [1.54, 1.807) is 12.5 Å². The summed E-state index contributed by atoms with van der Waals surface area (Å²) in [5.41, 5.74) is 0.813. The molecule has 1 aliphatic heterocycles. The monoisotopic (exact) mass is 232 g/mol. The molecule has 0 aromatic carbocycles. The number of aromatic nitrogens is 4. The first-order chi connectivity index (χ1) is 8.34. The normalized spacial score (nSPS) is 19.9. The summed E-state index contributed by atoms with van der Waals surface area (Å²) in [6, 6.07) is 0.560. The van der Waals surface area contributed by atoms with E-state index in [1.807, 2.05) is 10.6 Å². The van der Waals surface area contributed by atoms with Crippen LogP contribution in [0, 0.1) is 0 Å². The predicted molar refractivity (Wildman–Crippen MR) is 65.1 cm³/mol. The zero-order valence-corrected chi connectivity index (χ0v) is 9.87. The summed E-state index contributed by atoms with van der Waals surface area (Å²) < 4.78 is 1.89. The van der Waals surface area contributed by atoms with E-state index in [9.17, 15) is 0 Å². The van der Waals surface area contributed by atoms with Crippen molar-refractivity contribution < 1.29 is 0 Å². The Hall–Kier alpha value is -1.69. The predicted octanol–water partition coefficient (Wildman–Crippen LogP) is 0.312. The molecular formula is C11H16N6. The highest BCUT2D eigenvalue weighted by Gasteiger charge is 2.18. The Balaban J connectivity index is 1.84. The zero-order chi connectivity index (χ0) is 11.7. The number of hydrogen-bond acceptors (Lipinski definition) is 5. The van der Waals surface area contributed by atoms with Crippen molar-refractivity contribution in [2.75, 3.05) is 25.0 Å². The fourth-order valence-corrected chi connectivity index (χ4v) is 2.34. The minimum Gasteiger partial charge on any atom is -0.355 e. The first kappa shape index (κ1) is 10.5. The summed E-state index contributed by atoms with van der Waals surface area (Å²) in [4.78, 5) is 6.54. The number of likely N-dealkylation sites (N-methyl/N-ethyl adjacent to an activating group) is 1. The molecular weight excluding hydrogens is 216 g/mol. The summed E-state index contributed by atoms with van der Waals surface area (Å²) in [5, 5.41) is 11.5. The second kappa shape index (κ2) is 4.29. The SMILES string of the molecule is CN(CC1CCCN1)c1nccn2cnnc12. The van der Waals surface area contributed by atoms with E-state index in [1.165, 1.54) is 12.8 Å². The fraction of sp³-hybridized carbons (Fsp3) is 0.545. The summed E-state index contributed by atoms with van der Waals surface area (Å²) in [5.74, 6) is 0.888. The highest BCUT2D eigenvalue weighted by atomic mass is 15.3. The number of hydrogen-bond donors (Lipinski definition) is 1. The molecule has 3 heterocycles. The topological polar surface area (TPSA) is 58.4 Å². The molecule has 1 atom stereocenters. The number of rotatable bonds is 3. The van der Waals surface area contributed by atoms with E-state index in [-0.39, 0.29) is 0 Å². The molecule has 6 nitrogen and oxygen atoms in total. The Labute approximate surface area is 99.7 Å². The lowest BCUT2D eigenvalue weighted by Gasteiger charge is -2.22. The standard InChI is InChI=1S/C11H16N6/c1-16(7-9-3-2-4-12-9)10-11-15-14-8-17(11)6-5-13-10/h5-6,8-9,12H,2-4,7H2,1H3. The number of nitrogens with one attached hydrogen (secondary N) is 1. The molecule has 90 valence electrons. The average Bonchev–Trinajstić information content (AvgIpc) is 2.97. The van der Waals surface area contributed by atoms with Crippen LogP contribution in [0.5, 0.6) is 0 Å². The molecule has 0 bridgehead atoms. The van der Waals surface area contributed by atoms with Crippen molar-refractivity contribution in [1.82, 2.24) is 24.9 Å². The van der Waals surface area contributed by atoms with Gasteiger partial charge >= 0.3 is 0 Å². The van der Waals surface area contributed by atoms with Gasteiger partial charge in [0.05, 0.1) is 0 Å². The van der Waals surface area contributed by atoms with E-state index in [0.29, 0.717) is 6.04 Å². The molecule has 0 spiro atoms. The van der Waals surface area contributed by atoms with Gasteiger partial charge < -0.3 is 10.2 Å². The van der Waals surface area contributed by atoms with E-state index in [2.05, 4.69) is 32.4 Å². The third kappa shape index (κ3) is 1.95. The van der Waals surface area contributed by atoms with Crippen molar-refractivity contribution in [2.24, 2.45) is 0 Å². The van der Waals surface area contributed by atoms with Crippen LogP contribution in [0.1, 0.15) is 12.8 Å². The molecule has 0 radical (unpaired) electrons. The van der Waals surface area contributed by atoms with Gasteiger partial charge in [0, 0.05) is 32.0 Å². The molecule has 2 aromatic heterocycles. The highest BCUT2D eigenvalue weighted by Crippen LogP contribution is 2.16. The summed E-state index contributed by atoms with van der Waals surface area (Å²) in [6.45, 7) is 2.08. The van der Waals surface area contributed by atoms with Gasteiger partial charge in [-0.2, -0.15) is 0 Å². The smallest absolute Gasteiger partial charge is 0.203 e. The molecule has 0 aliphatic carbocycles. The van der Waals surface area contributed by atoms with Crippen LogP contribution in [0.3, 0.4) is 0 Å². The molecule has 1 aliphatic rings. The van der Waals surface area contributed by atoms with Crippen LogP contribution in [0.15, 0.2) is 18.7 Å². The summed E-state index contributed by atoms with van der Waals surface area (Å²) in [6.07, 6.45) is 7.84. The summed E-state index contributed by atoms with van der Waals surface area (Å²) in [7, 11) is 2.05. The van der Waals surface area contributed by atoms with Gasteiger partial charge in [-0.05, 0) is 19.4 Å². The first-order valence-electron chi connectivity index (χ1n) is 5.93. The quantitative estimate of drug-likeness (QED) is 0.825. The Bertz CT molecular complexity index is 501. The maximum Gasteiger partial charge on any atom is 0.203 e. The van der Waals surface area contributed by atoms with Crippen molar-refractivity contribution in [3.05, 3.63) is 18.7 Å². The average molecular weight is 232 g/mol. The largest absolute Gasteiger partial charge is 0.355 e. The molecule has 0 amide bonds. The van der Waals surface area contributed by atoms with Crippen molar-refractivity contribution >= 4 is 11.5 Å². The third-order valence-corrected chi connectivity index (χ3v) is 3.22. The highest BCUT2D eigenvalue weighted by molar-refractivity contribution is 5.62. The van der Waals surface area contributed by atoms with Gasteiger partial charge in [-0.25, -0.2) is 4.98 Å². The van der Waals surface area contributed by atoms with Crippen LogP contribution in [0.25, 0.3) is 5.65 Å². The maximum absolute atomic E-state index is 4.40. The fourth-order valence-electron chi connectivity index (χ4n) is 2.34. The van der Waals surface area contributed by atoms with Crippen LogP contribution in [0.4, 0.5) is 5.82 Å². The van der Waals surface area contributed by atoms with Crippen LogP contribution in [-0.4, -0.2) is 45.8 Å². The molecule has 3 rings (SSSR count). The minimum atomic E-state index is 0.560. The Morgan fingerprint density at radius 3 is 3.35 bits per heavy atom. The van der Waals surface area contributed by atoms with E-state index in [4.69, 9.17) is 0 Å². The van der Waals surface area contributed by atoms with Crippen LogP contribution >= 0.6 is 0 Å². The zero-order valence-electron chi connectivity index (χ0n) is 9.87. The van der Waals surface area contributed by atoms with E-state index >= 15 is 0 Å². The van der Waals surface area contributed by atoms with Gasteiger partial charge in [-0.15, -0.1) is 10.2 Å². The summed E-state index contributed by atoms with van der Waals surface area (Å²) >= 11 is 0. The van der Waals surface area contributed by atoms with Gasteiger partial charge in [-0.1, -0.05) is 0 Å². The van der Waals surface area contributed by atoms with E-state index in [0.717, 1.165) is 24.6 Å².